The van der Waals surface area contributed by atoms with Gasteiger partial charge in [0.15, 0.2) is 0 Å². The number of anilines is 1. The first-order valence-corrected chi connectivity index (χ1v) is 8.31. The molecular weight excluding hydrogens is 276 g/mol. The number of rotatable bonds is 5. The maximum absolute atomic E-state index is 12.3. The Morgan fingerprint density at radius 1 is 1.45 bits per heavy atom. The molecule has 4 heteroatoms. The molecule has 0 aliphatic carbocycles. The second-order valence-electron chi connectivity index (χ2n) is 7.01. The van der Waals surface area contributed by atoms with Crippen molar-refractivity contribution in [3.63, 3.8) is 0 Å². The van der Waals surface area contributed by atoms with Crippen molar-refractivity contribution in [2.75, 3.05) is 18.4 Å². The number of hydrogen-bond acceptors (Lipinski definition) is 3. The van der Waals surface area contributed by atoms with Crippen molar-refractivity contribution < 1.29 is 9.53 Å². The Labute approximate surface area is 132 Å². The molecule has 2 N–H and O–H groups in total. The van der Waals surface area contributed by atoms with E-state index in [1.54, 1.807) is 0 Å². The summed E-state index contributed by atoms with van der Waals surface area (Å²) in [7, 11) is 0. The number of amides is 1. The SMILES string of the molecule is CCCCNCC1Cc2cc(C)c3c(c2O1)C(C)(C)C(=O)N3. The molecule has 0 radical (unpaired) electrons. The highest BCUT2D eigenvalue weighted by Gasteiger charge is 2.44. The van der Waals surface area contributed by atoms with Crippen LogP contribution < -0.4 is 15.4 Å². The summed E-state index contributed by atoms with van der Waals surface area (Å²) in [6.45, 7) is 10.1. The van der Waals surface area contributed by atoms with E-state index in [9.17, 15) is 4.79 Å². The molecule has 0 bridgehead atoms. The normalized spacial score (nSPS) is 21.3. The lowest BCUT2D eigenvalue weighted by atomic mass is 9.83. The second kappa shape index (κ2) is 5.58. The zero-order chi connectivity index (χ0) is 15.9. The predicted octanol–water partition coefficient (Wildman–Crippen LogP) is 2.92. The van der Waals surface area contributed by atoms with Crippen LogP contribution in [0.3, 0.4) is 0 Å². The van der Waals surface area contributed by atoms with Crippen molar-refractivity contribution in [2.24, 2.45) is 0 Å². The number of benzene rings is 1. The van der Waals surface area contributed by atoms with Crippen molar-refractivity contribution in [3.8, 4) is 5.75 Å². The molecule has 0 spiro atoms. The molecule has 0 saturated carbocycles. The molecule has 1 amide bonds. The minimum atomic E-state index is -0.518. The van der Waals surface area contributed by atoms with E-state index in [0.717, 1.165) is 42.1 Å². The molecule has 1 atom stereocenters. The van der Waals surface area contributed by atoms with Crippen molar-refractivity contribution in [1.29, 1.82) is 0 Å². The van der Waals surface area contributed by atoms with E-state index in [2.05, 4.69) is 30.5 Å². The summed E-state index contributed by atoms with van der Waals surface area (Å²) in [5, 5.41) is 6.49. The molecule has 2 aliphatic rings. The maximum Gasteiger partial charge on any atom is 0.234 e. The standard InChI is InChI=1S/C18H26N2O2/c1-5-6-7-19-10-13-9-12-8-11(2)15-14(16(12)22-13)18(3,4)17(21)20-15/h8,13,19H,5-7,9-10H2,1-4H3,(H,20,21). The Balaban J connectivity index is 1.83. The fraction of sp³-hybridized carbons (Fsp3) is 0.611. The molecule has 1 aromatic carbocycles. The highest BCUT2D eigenvalue weighted by Crippen LogP contribution is 2.49. The molecule has 1 aromatic rings. The zero-order valence-electron chi connectivity index (χ0n) is 14.0. The molecule has 1 unspecified atom stereocenters. The molecule has 0 saturated heterocycles. The smallest absolute Gasteiger partial charge is 0.234 e. The van der Waals surface area contributed by atoms with E-state index in [0.29, 0.717) is 0 Å². The topological polar surface area (TPSA) is 50.4 Å². The zero-order valence-corrected chi connectivity index (χ0v) is 14.0. The molecule has 2 aliphatic heterocycles. The summed E-state index contributed by atoms with van der Waals surface area (Å²) in [5.41, 5.74) is 3.85. The largest absolute Gasteiger partial charge is 0.488 e. The lowest BCUT2D eigenvalue weighted by molar-refractivity contribution is -0.119. The fourth-order valence-corrected chi connectivity index (χ4v) is 3.43. The lowest BCUT2D eigenvalue weighted by Gasteiger charge is -2.19. The van der Waals surface area contributed by atoms with E-state index in [1.807, 2.05) is 13.8 Å². The monoisotopic (exact) mass is 302 g/mol. The Hall–Kier alpha value is -1.55. The van der Waals surface area contributed by atoms with E-state index >= 15 is 0 Å². The van der Waals surface area contributed by atoms with Gasteiger partial charge in [-0.15, -0.1) is 0 Å². The molecule has 2 heterocycles. The second-order valence-corrected chi connectivity index (χ2v) is 7.01. The van der Waals surface area contributed by atoms with Crippen LogP contribution in [0.5, 0.6) is 5.75 Å². The van der Waals surface area contributed by atoms with Crippen LogP contribution in [-0.4, -0.2) is 25.1 Å². The van der Waals surface area contributed by atoms with Gasteiger partial charge >= 0.3 is 0 Å². The average Bonchev–Trinajstić information content (AvgIpc) is 2.95. The quantitative estimate of drug-likeness (QED) is 0.822. The van der Waals surface area contributed by atoms with Crippen LogP contribution in [0.4, 0.5) is 5.69 Å². The summed E-state index contributed by atoms with van der Waals surface area (Å²) in [6, 6.07) is 2.17. The maximum atomic E-state index is 12.3. The van der Waals surface area contributed by atoms with Gasteiger partial charge < -0.3 is 15.4 Å². The molecule has 0 fully saturated rings. The number of nitrogens with one attached hydrogen (secondary N) is 2. The van der Waals surface area contributed by atoms with Gasteiger partial charge in [0.2, 0.25) is 5.91 Å². The van der Waals surface area contributed by atoms with Crippen molar-refractivity contribution in [3.05, 3.63) is 22.8 Å². The Kier molecular flexibility index (Phi) is 3.89. The van der Waals surface area contributed by atoms with Gasteiger partial charge in [0, 0.05) is 18.5 Å². The highest BCUT2D eigenvalue weighted by molar-refractivity contribution is 6.07. The van der Waals surface area contributed by atoms with Crippen molar-refractivity contribution >= 4 is 11.6 Å². The van der Waals surface area contributed by atoms with Gasteiger partial charge in [-0.25, -0.2) is 0 Å². The van der Waals surface area contributed by atoms with E-state index in [-0.39, 0.29) is 12.0 Å². The summed E-state index contributed by atoms with van der Waals surface area (Å²) in [4.78, 5) is 12.3. The third-order valence-corrected chi connectivity index (χ3v) is 4.80. The number of hydrogen-bond donors (Lipinski definition) is 2. The summed E-state index contributed by atoms with van der Waals surface area (Å²) in [6.07, 6.45) is 3.49. The Bertz CT molecular complexity index is 608. The van der Waals surface area contributed by atoms with Crippen LogP contribution in [0.1, 0.15) is 50.3 Å². The van der Waals surface area contributed by atoms with Gasteiger partial charge in [-0.3, -0.25) is 4.79 Å². The third kappa shape index (κ3) is 2.39. The molecule has 4 nitrogen and oxygen atoms in total. The van der Waals surface area contributed by atoms with E-state index < -0.39 is 5.41 Å². The first-order valence-electron chi connectivity index (χ1n) is 8.31. The van der Waals surface area contributed by atoms with Crippen LogP contribution in [0.15, 0.2) is 6.07 Å². The van der Waals surface area contributed by atoms with Crippen LogP contribution in [0, 0.1) is 6.92 Å². The first-order chi connectivity index (χ1) is 10.4. The number of fused-ring (bicyclic) bond motifs is 3. The molecule has 120 valence electrons. The number of aryl methyl sites for hydroxylation is 1. The van der Waals surface area contributed by atoms with Gasteiger partial charge in [0.25, 0.3) is 0 Å². The third-order valence-electron chi connectivity index (χ3n) is 4.80. The predicted molar refractivity (Wildman–Crippen MR) is 88.7 cm³/mol. The van der Waals surface area contributed by atoms with E-state index in [4.69, 9.17) is 4.74 Å². The molecule has 22 heavy (non-hydrogen) atoms. The molecule has 3 rings (SSSR count). The van der Waals surface area contributed by atoms with Crippen LogP contribution >= 0.6 is 0 Å². The number of carbonyl (C=O) groups is 1. The van der Waals surface area contributed by atoms with Gasteiger partial charge in [-0.05, 0) is 44.9 Å². The summed E-state index contributed by atoms with van der Waals surface area (Å²) < 4.78 is 6.21. The van der Waals surface area contributed by atoms with Crippen LogP contribution in [0.2, 0.25) is 0 Å². The first kappa shape index (κ1) is 15.3. The van der Waals surface area contributed by atoms with Gasteiger partial charge in [0.1, 0.15) is 11.9 Å². The van der Waals surface area contributed by atoms with Crippen molar-refractivity contribution in [2.45, 2.75) is 58.5 Å². The van der Waals surface area contributed by atoms with Gasteiger partial charge in [-0.2, -0.15) is 0 Å². The minimum absolute atomic E-state index is 0.0621. The average molecular weight is 302 g/mol. The van der Waals surface area contributed by atoms with Gasteiger partial charge in [0.05, 0.1) is 11.1 Å². The Morgan fingerprint density at radius 2 is 2.23 bits per heavy atom. The summed E-state index contributed by atoms with van der Waals surface area (Å²) >= 11 is 0. The van der Waals surface area contributed by atoms with Crippen LogP contribution in [0.25, 0.3) is 0 Å². The number of carbonyl (C=O) groups excluding carboxylic acids is 1. The number of ether oxygens (including phenoxy) is 1. The lowest BCUT2D eigenvalue weighted by Crippen LogP contribution is -2.31. The molecular formula is C18H26N2O2. The van der Waals surface area contributed by atoms with Gasteiger partial charge in [-0.1, -0.05) is 19.4 Å². The highest BCUT2D eigenvalue weighted by atomic mass is 16.5. The van der Waals surface area contributed by atoms with Crippen molar-refractivity contribution in [1.82, 2.24) is 5.32 Å². The van der Waals surface area contributed by atoms with E-state index in [1.165, 1.54) is 18.4 Å². The summed E-state index contributed by atoms with van der Waals surface area (Å²) in [5.74, 6) is 0.998. The minimum Gasteiger partial charge on any atom is -0.488 e. The fourth-order valence-electron chi connectivity index (χ4n) is 3.43. The van der Waals surface area contributed by atoms with Crippen LogP contribution in [-0.2, 0) is 16.6 Å². The Morgan fingerprint density at radius 3 is 2.95 bits per heavy atom. The number of unbranched alkanes of at least 4 members (excludes halogenated alkanes) is 1. The molecule has 0 aromatic heterocycles.